The molecule has 0 N–H and O–H groups in total. The van der Waals surface area contributed by atoms with Crippen molar-refractivity contribution in [1.29, 1.82) is 0 Å². The van der Waals surface area contributed by atoms with E-state index in [-0.39, 0.29) is 17.7 Å². The molecule has 0 aromatic rings. The molecule has 0 aromatic heterocycles. The number of esters is 1. The van der Waals surface area contributed by atoms with E-state index in [0.717, 1.165) is 32.1 Å². The van der Waals surface area contributed by atoms with Crippen LogP contribution in [0.5, 0.6) is 0 Å². The lowest BCUT2D eigenvalue weighted by atomic mass is 9.79. The third-order valence-corrected chi connectivity index (χ3v) is 4.69. The molecule has 134 valence electrons. The molecular weight excluding hydrogens is 292 g/mol. The van der Waals surface area contributed by atoms with Gasteiger partial charge in [-0.3, -0.25) is 4.79 Å². The normalized spacial score (nSPS) is 29.6. The lowest BCUT2D eigenvalue weighted by Gasteiger charge is -2.42. The first-order valence-electron chi connectivity index (χ1n) is 9.08. The molecule has 1 rings (SSSR count). The first kappa shape index (κ1) is 20.2. The fraction of sp³-hybridized carbons (Fsp3) is 0.842. The smallest absolute Gasteiger partial charge is 0.302 e. The Morgan fingerprint density at radius 2 is 2.13 bits per heavy atom. The van der Waals surface area contributed by atoms with Gasteiger partial charge in [-0.1, -0.05) is 39.3 Å². The molecule has 0 spiro atoms. The van der Waals surface area contributed by atoms with Crippen LogP contribution in [0.3, 0.4) is 0 Å². The van der Waals surface area contributed by atoms with Crippen LogP contribution in [0.15, 0.2) is 12.2 Å². The Kier molecular flexibility index (Phi) is 8.85. The van der Waals surface area contributed by atoms with Gasteiger partial charge in [-0.15, -0.1) is 0 Å². The minimum absolute atomic E-state index is 0.0127. The van der Waals surface area contributed by atoms with Crippen LogP contribution >= 0.6 is 0 Å². The van der Waals surface area contributed by atoms with Gasteiger partial charge in [-0.25, -0.2) is 9.78 Å². The van der Waals surface area contributed by atoms with Crippen LogP contribution in [0.2, 0.25) is 0 Å². The zero-order valence-corrected chi connectivity index (χ0v) is 15.5. The maximum atomic E-state index is 10.9. The summed E-state index contributed by atoms with van der Waals surface area (Å²) in [5.74, 6) is 0.726. The van der Waals surface area contributed by atoms with Gasteiger partial charge in [0, 0.05) is 13.3 Å². The Balaban J connectivity index is 2.57. The number of allylic oxidation sites excluding steroid dienone is 2. The molecule has 4 atom stereocenters. The number of carbonyl (C=O) groups excluding carboxylic acids is 1. The van der Waals surface area contributed by atoms with Crippen LogP contribution in [-0.4, -0.2) is 24.3 Å². The van der Waals surface area contributed by atoms with Gasteiger partial charge in [0.2, 0.25) is 0 Å². The number of carbonyl (C=O) groups is 1. The van der Waals surface area contributed by atoms with E-state index >= 15 is 0 Å². The second-order valence-electron chi connectivity index (χ2n) is 6.88. The highest BCUT2D eigenvalue weighted by atomic mass is 17.2. The fourth-order valence-electron chi connectivity index (χ4n) is 3.34. The van der Waals surface area contributed by atoms with E-state index in [2.05, 4.69) is 39.8 Å². The molecule has 4 nitrogen and oxygen atoms in total. The van der Waals surface area contributed by atoms with Gasteiger partial charge in [0.25, 0.3) is 0 Å². The van der Waals surface area contributed by atoms with Gasteiger partial charge in [-0.2, -0.15) is 0 Å². The molecule has 0 aliphatic carbocycles. The Bertz CT molecular complexity index is 380. The molecule has 0 aromatic carbocycles. The molecule has 1 aliphatic rings. The summed E-state index contributed by atoms with van der Waals surface area (Å²) in [5, 5.41) is 0. The first-order valence-corrected chi connectivity index (χ1v) is 9.08. The quantitative estimate of drug-likeness (QED) is 0.346. The maximum absolute atomic E-state index is 10.9. The van der Waals surface area contributed by atoms with Gasteiger partial charge in [0.05, 0.1) is 12.7 Å². The molecule has 23 heavy (non-hydrogen) atoms. The van der Waals surface area contributed by atoms with Crippen molar-refractivity contribution in [3.05, 3.63) is 12.2 Å². The maximum Gasteiger partial charge on any atom is 0.302 e. The highest BCUT2D eigenvalue weighted by Crippen LogP contribution is 2.39. The van der Waals surface area contributed by atoms with Crippen molar-refractivity contribution in [2.75, 3.05) is 6.61 Å². The third kappa shape index (κ3) is 7.05. The third-order valence-electron chi connectivity index (χ3n) is 4.69. The number of rotatable bonds is 9. The van der Waals surface area contributed by atoms with E-state index in [1.54, 1.807) is 0 Å². The topological polar surface area (TPSA) is 44.8 Å². The van der Waals surface area contributed by atoms with Gasteiger partial charge in [0.15, 0.2) is 0 Å². The first-order chi connectivity index (χ1) is 10.9. The van der Waals surface area contributed by atoms with E-state index < -0.39 is 0 Å². The van der Waals surface area contributed by atoms with Crippen molar-refractivity contribution in [1.82, 2.24) is 0 Å². The van der Waals surface area contributed by atoms with Crippen LogP contribution in [-0.2, 0) is 19.3 Å². The summed E-state index contributed by atoms with van der Waals surface area (Å²) in [4.78, 5) is 22.4. The lowest BCUT2D eigenvalue weighted by molar-refractivity contribution is -0.420. The summed E-state index contributed by atoms with van der Waals surface area (Å²) in [6.45, 7) is 10.5. The van der Waals surface area contributed by atoms with Crippen LogP contribution in [0, 0.1) is 11.8 Å². The Morgan fingerprint density at radius 1 is 1.39 bits per heavy atom. The summed E-state index contributed by atoms with van der Waals surface area (Å²) in [5.41, 5.74) is -0.239. The fourth-order valence-corrected chi connectivity index (χ4v) is 3.34. The number of hydrogen-bond donors (Lipinski definition) is 0. The second-order valence-corrected chi connectivity index (χ2v) is 6.88. The van der Waals surface area contributed by atoms with Crippen molar-refractivity contribution in [2.45, 2.75) is 84.8 Å². The Morgan fingerprint density at radius 3 is 2.70 bits per heavy atom. The van der Waals surface area contributed by atoms with E-state index in [4.69, 9.17) is 14.5 Å². The molecule has 1 heterocycles. The SMILES string of the molecule is CC/C=C/[C@H](CC)C[C@@]1(C)C[C@@H](CC)[C@@H](CCOC(C)=O)OO1. The Hall–Kier alpha value is -0.870. The second kappa shape index (κ2) is 10.1. The van der Waals surface area contributed by atoms with Crippen LogP contribution in [0.1, 0.15) is 73.1 Å². The van der Waals surface area contributed by atoms with Crippen molar-refractivity contribution in [2.24, 2.45) is 11.8 Å². The molecule has 0 saturated carbocycles. The molecule has 1 saturated heterocycles. The summed E-state index contributed by atoms with van der Waals surface area (Å²) >= 11 is 0. The predicted molar refractivity (Wildman–Crippen MR) is 91.8 cm³/mol. The van der Waals surface area contributed by atoms with E-state index in [1.165, 1.54) is 6.92 Å². The van der Waals surface area contributed by atoms with E-state index in [9.17, 15) is 4.79 Å². The summed E-state index contributed by atoms with van der Waals surface area (Å²) < 4.78 is 5.03. The largest absolute Gasteiger partial charge is 0.466 e. The lowest BCUT2D eigenvalue weighted by Crippen LogP contribution is -2.44. The van der Waals surface area contributed by atoms with Gasteiger partial charge in [-0.05, 0) is 44.4 Å². The Labute approximate surface area is 141 Å². The van der Waals surface area contributed by atoms with Crippen LogP contribution in [0.4, 0.5) is 0 Å². The van der Waals surface area contributed by atoms with Crippen LogP contribution in [0.25, 0.3) is 0 Å². The van der Waals surface area contributed by atoms with E-state index in [0.29, 0.717) is 24.9 Å². The summed E-state index contributed by atoms with van der Waals surface area (Å²) in [6, 6.07) is 0. The highest BCUT2D eigenvalue weighted by Gasteiger charge is 2.40. The minimum Gasteiger partial charge on any atom is -0.466 e. The zero-order chi connectivity index (χ0) is 17.3. The standard InChI is InChI=1S/C19H34O4/c1-6-9-10-16(7-2)13-19(5)14-17(8-3)18(22-23-19)11-12-21-15(4)20/h9-10,16-18H,6-8,11-14H2,1-5H3/b10-9+/t16-,17+,18+,19-/m0/s1. The van der Waals surface area contributed by atoms with Crippen molar-refractivity contribution < 1.29 is 19.3 Å². The van der Waals surface area contributed by atoms with Crippen molar-refractivity contribution in [3.63, 3.8) is 0 Å². The number of hydrogen-bond acceptors (Lipinski definition) is 4. The molecule has 4 heteroatoms. The van der Waals surface area contributed by atoms with Crippen molar-refractivity contribution in [3.8, 4) is 0 Å². The molecule has 1 aliphatic heterocycles. The molecule has 0 radical (unpaired) electrons. The monoisotopic (exact) mass is 326 g/mol. The molecule has 0 unspecified atom stereocenters. The average molecular weight is 326 g/mol. The highest BCUT2D eigenvalue weighted by molar-refractivity contribution is 5.65. The van der Waals surface area contributed by atoms with Gasteiger partial charge < -0.3 is 4.74 Å². The summed E-state index contributed by atoms with van der Waals surface area (Å²) in [7, 11) is 0. The molecular formula is C19H34O4. The predicted octanol–water partition coefficient (Wildman–Crippen LogP) is 4.83. The molecule has 1 fully saturated rings. The van der Waals surface area contributed by atoms with Gasteiger partial charge in [0.1, 0.15) is 5.60 Å². The molecule has 0 bridgehead atoms. The van der Waals surface area contributed by atoms with Crippen molar-refractivity contribution >= 4 is 5.97 Å². The zero-order valence-electron chi connectivity index (χ0n) is 15.5. The minimum atomic E-state index is -0.242. The van der Waals surface area contributed by atoms with Crippen LogP contribution < -0.4 is 0 Å². The van der Waals surface area contributed by atoms with Gasteiger partial charge >= 0.3 is 5.97 Å². The average Bonchev–Trinajstić information content (AvgIpc) is 2.52. The summed E-state index contributed by atoms with van der Waals surface area (Å²) in [6.07, 6.45) is 10.5. The molecule has 0 amide bonds. The van der Waals surface area contributed by atoms with E-state index in [1.807, 2.05) is 0 Å². The number of ether oxygens (including phenoxy) is 1.